The minimum Gasteiger partial charge on any atom is -0.313 e. The number of benzodiazepines with no additional fused rings is 1. The predicted molar refractivity (Wildman–Crippen MR) is 82.8 cm³/mol. The molecule has 3 rings (SSSR count). The van der Waals surface area contributed by atoms with Gasteiger partial charge in [0, 0.05) is 17.6 Å². The molecule has 1 aromatic rings. The van der Waals surface area contributed by atoms with Crippen LogP contribution in [0, 0.1) is 0 Å². The molecule has 0 bridgehead atoms. The number of carbonyl (C=O) groups is 1. The highest BCUT2D eigenvalue weighted by Crippen LogP contribution is 2.31. The standard InChI is InChI=1S/C16H17ClN2O/c1-19-14-8-7-12(17)9-13(14)16(18-10-15(19)20)11-5-3-2-4-6-11/h5,7-9H,2-4,6,10H2,1H3/i7+1,8+1,9+1,12+1,13+1,14+1. The highest BCUT2D eigenvalue weighted by Gasteiger charge is 2.24. The summed E-state index contributed by atoms with van der Waals surface area (Å²) in [6.07, 6.45) is 6.79. The van der Waals surface area contributed by atoms with Gasteiger partial charge in [0.05, 0.1) is 11.4 Å². The maximum absolute atomic E-state index is 12.1. The summed E-state index contributed by atoms with van der Waals surface area (Å²) < 4.78 is 0. The maximum Gasteiger partial charge on any atom is 0.248 e. The van der Waals surface area contributed by atoms with Crippen molar-refractivity contribution in [2.24, 2.45) is 4.99 Å². The number of fused-ring (bicyclic) bond motifs is 1. The molecule has 20 heavy (non-hydrogen) atoms. The van der Waals surface area contributed by atoms with Gasteiger partial charge in [-0.1, -0.05) is 17.7 Å². The molecule has 1 heterocycles. The van der Waals surface area contributed by atoms with Crippen LogP contribution in [-0.2, 0) is 4.79 Å². The quantitative estimate of drug-likeness (QED) is 0.779. The average molecular weight is 295 g/mol. The lowest BCUT2D eigenvalue weighted by atomic mass is 9.98. The Morgan fingerprint density at radius 2 is 2.15 bits per heavy atom. The lowest BCUT2D eigenvalue weighted by Crippen LogP contribution is -2.27. The Hall–Kier alpha value is -1.61. The third-order valence-electron chi connectivity index (χ3n) is 3.92. The number of hydrogen-bond donors (Lipinski definition) is 0. The fourth-order valence-corrected chi connectivity index (χ4v) is 2.96. The summed E-state index contributed by atoms with van der Waals surface area (Å²) >= 11 is 6.14. The average Bonchev–Trinajstić information content (AvgIpc) is 2.58. The van der Waals surface area contributed by atoms with Crippen molar-refractivity contribution < 1.29 is 4.79 Å². The number of halogens is 1. The molecule has 1 amide bonds. The van der Waals surface area contributed by atoms with E-state index >= 15 is 0 Å². The van der Waals surface area contributed by atoms with Crippen LogP contribution in [0.1, 0.15) is 31.2 Å². The molecule has 0 spiro atoms. The van der Waals surface area contributed by atoms with Gasteiger partial charge in [0.15, 0.2) is 0 Å². The molecule has 4 heteroatoms. The van der Waals surface area contributed by atoms with Crippen LogP contribution in [0.25, 0.3) is 0 Å². The molecule has 0 aromatic heterocycles. The molecule has 0 N–H and O–H groups in total. The monoisotopic (exact) mass is 294 g/mol. The first-order valence-electron chi connectivity index (χ1n) is 6.97. The number of rotatable bonds is 1. The van der Waals surface area contributed by atoms with Crippen molar-refractivity contribution >= 4 is 28.9 Å². The van der Waals surface area contributed by atoms with E-state index < -0.39 is 0 Å². The van der Waals surface area contributed by atoms with E-state index in [2.05, 4.69) is 11.1 Å². The van der Waals surface area contributed by atoms with Crippen molar-refractivity contribution in [3.8, 4) is 0 Å². The van der Waals surface area contributed by atoms with Crippen molar-refractivity contribution in [3.63, 3.8) is 0 Å². The number of anilines is 1. The van der Waals surface area contributed by atoms with E-state index in [0.29, 0.717) is 5.02 Å². The largest absolute Gasteiger partial charge is 0.313 e. The molecule has 0 unspecified atom stereocenters. The maximum atomic E-state index is 12.1. The summed E-state index contributed by atoms with van der Waals surface area (Å²) in [6, 6.07) is 5.64. The molecule has 1 aromatic carbocycles. The fraction of sp³-hybridized carbons (Fsp3) is 0.375. The molecule has 1 aliphatic heterocycles. The molecule has 1 aliphatic carbocycles. The van der Waals surface area contributed by atoms with E-state index in [1.807, 2.05) is 18.2 Å². The highest BCUT2D eigenvalue weighted by molar-refractivity contribution is 6.32. The molecule has 0 saturated heterocycles. The summed E-state index contributed by atoms with van der Waals surface area (Å²) in [5, 5.41) is 0.676. The number of carbonyl (C=O) groups excluding carboxylic acids is 1. The van der Waals surface area contributed by atoms with Crippen molar-refractivity contribution in [2.75, 3.05) is 18.5 Å². The van der Waals surface area contributed by atoms with Crippen molar-refractivity contribution in [2.45, 2.75) is 25.7 Å². The SMILES string of the molecule is CN1C(=O)CN=C(C2=CCCCC2)[13c]2[13cH][13c](Cl)[13cH][13cH][13c]21. The van der Waals surface area contributed by atoms with Gasteiger partial charge in [-0.25, -0.2) is 0 Å². The van der Waals surface area contributed by atoms with Gasteiger partial charge in [-0.05, 0) is 49.5 Å². The van der Waals surface area contributed by atoms with Gasteiger partial charge in [-0.3, -0.25) is 9.79 Å². The van der Waals surface area contributed by atoms with Crippen LogP contribution in [0.15, 0.2) is 34.8 Å². The Balaban J connectivity index is 2.14. The van der Waals surface area contributed by atoms with Crippen LogP contribution in [-0.4, -0.2) is 25.2 Å². The second kappa shape index (κ2) is 5.41. The Kier molecular flexibility index (Phi) is 3.62. The number of amides is 1. The van der Waals surface area contributed by atoms with E-state index in [4.69, 9.17) is 11.6 Å². The Morgan fingerprint density at radius 1 is 1.30 bits per heavy atom. The molecule has 0 fully saturated rings. The van der Waals surface area contributed by atoms with E-state index in [-0.39, 0.29) is 12.5 Å². The van der Waals surface area contributed by atoms with Crippen LogP contribution in [0.3, 0.4) is 0 Å². The second-order valence-corrected chi connectivity index (χ2v) is 5.69. The van der Waals surface area contributed by atoms with Crippen LogP contribution in [0.4, 0.5) is 5.69 Å². The van der Waals surface area contributed by atoms with E-state index in [9.17, 15) is 4.79 Å². The number of hydrogen-bond acceptors (Lipinski definition) is 2. The number of likely N-dealkylation sites (N-methyl/N-ethyl adjacent to an activating group) is 1. The summed E-state index contributed by atoms with van der Waals surface area (Å²) in [4.78, 5) is 18.3. The molecule has 2 aliphatic rings. The Bertz CT molecular complexity index is 619. The number of benzene rings is 1. The van der Waals surface area contributed by atoms with Crippen molar-refractivity contribution in [1.29, 1.82) is 0 Å². The van der Waals surface area contributed by atoms with Gasteiger partial charge in [-0.15, -0.1) is 0 Å². The third-order valence-corrected chi connectivity index (χ3v) is 4.15. The zero-order chi connectivity index (χ0) is 14.1. The summed E-state index contributed by atoms with van der Waals surface area (Å²) in [7, 11) is 1.79. The smallest absolute Gasteiger partial charge is 0.248 e. The Morgan fingerprint density at radius 3 is 2.90 bits per heavy atom. The van der Waals surface area contributed by atoms with Gasteiger partial charge >= 0.3 is 0 Å². The highest BCUT2D eigenvalue weighted by atomic mass is 35.5. The summed E-state index contributed by atoms with van der Waals surface area (Å²) in [5.41, 5.74) is 4.06. The molecule has 3 nitrogen and oxygen atoms in total. The van der Waals surface area contributed by atoms with Gasteiger partial charge in [-0.2, -0.15) is 0 Å². The van der Waals surface area contributed by atoms with Gasteiger partial charge in [0.2, 0.25) is 5.91 Å². The van der Waals surface area contributed by atoms with Crippen molar-refractivity contribution in [1.82, 2.24) is 0 Å². The van der Waals surface area contributed by atoms with E-state index in [1.165, 1.54) is 18.4 Å². The first-order chi connectivity index (χ1) is 9.66. The van der Waals surface area contributed by atoms with Gasteiger partial charge in [0.1, 0.15) is 6.54 Å². The molecule has 0 radical (unpaired) electrons. The number of aliphatic imine (C=N–C) groups is 1. The minimum atomic E-state index is 0.0139. The summed E-state index contributed by atoms with van der Waals surface area (Å²) in [5.74, 6) is 0.0139. The molecule has 0 atom stereocenters. The third kappa shape index (κ3) is 2.38. The molecule has 104 valence electrons. The summed E-state index contributed by atoms with van der Waals surface area (Å²) in [6.45, 7) is 0.204. The fourth-order valence-electron chi connectivity index (χ4n) is 2.79. The topological polar surface area (TPSA) is 32.7 Å². The normalized spacial score (nSPS) is 19.1. The first kappa shape index (κ1) is 13.4. The van der Waals surface area contributed by atoms with E-state index in [1.54, 1.807) is 11.9 Å². The van der Waals surface area contributed by atoms with Crippen molar-refractivity contribution in [3.05, 3.63) is 40.4 Å². The van der Waals surface area contributed by atoms with Gasteiger partial charge in [0.25, 0.3) is 0 Å². The zero-order valence-electron chi connectivity index (χ0n) is 11.5. The zero-order valence-corrected chi connectivity index (χ0v) is 12.3. The lowest BCUT2D eigenvalue weighted by Gasteiger charge is -2.20. The Labute approximate surface area is 123 Å². The van der Waals surface area contributed by atoms with Gasteiger partial charge < -0.3 is 4.90 Å². The predicted octanol–water partition coefficient (Wildman–Crippen LogP) is 3.61. The first-order valence-corrected chi connectivity index (χ1v) is 7.35. The van der Waals surface area contributed by atoms with E-state index in [0.717, 1.165) is 29.8 Å². The van der Waals surface area contributed by atoms with Crippen LogP contribution < -0.4 is 4.90 Å². The van der Waals surface area contributed by atoms with Crippen LogP contribution in [0.5, 0.6) is 0 Å². The molecular weight excluding hydrogens is 278 g/mol. The van der Waals surface area contributed by atoms with Crippen LogP contribution >= 0.6 is 11.6 Å². The molecule has 0 saturated carbocycles. The number of allylic oxidation sites excluding steroid dienone is 2. The van der Waals surface area contributed by atoms with Crippen LogP contribution in [0.2, 0.25) is 5.02 Å². The molecular formula is C16H17ClN2O. The lowest BCUT2D eigenvalue weighted by molar-refractivity contribution is -0.116. The number of nitrogens with zero attached hydrogens (tertiary/aromatic N) is 2. The second-order valence-electron chi connectivity index (χ2n) is 5.25. The minimum absolute atomic E-state index is 0.0139.